The lowest BCUT2D eigenvalue weighted by Gasteiger charge is -2.23. The number of carbonyl (C=O) groups excluding carboxylic acids is 2. The number of carbonyl (C=O) groups is 2. The Morgan fingerprint density at radius 1 is 1.12 bits per heavy atom. The zero-order chi connectivity index (χ0) is 23.7. The van der Waals surface area contributed by atoms with Crippen molar-refractivity contribution in [2.45, 2.75) is 26.8 Å². The van der Waals surface area contributed by atoms with Gasteiger partial charge >= 0.3 is 5.91 Å². The summed E-state index contributed by atoms with van der Waals surface area (Å²) in [7, 11) is 1.55. The van der Waals surface area contributed by atoms with Crippen molar-refractivity contribution < 1.29 is 24.2 Å². The summed E-state index contributed by atoms with van der Waals surface area (Å²) in [5, 5.41) is 11.6. The Bertz CT molecular complexity index is 1230. The van der Waals surface area contributed by atoms with E-state index < -0.39 is 17.7 Å². The fourth-order valence-electron chi connectivity index (χ4n) is 3.75. The van der Waals surface area contributed by atoms with Gasteiger partial charge in [-0.2, -0.15) is 0 Å². The highest BCUT2D eigenvalue weighted by Crippen LogP contribution is 2.44. The molecule has 1 aliphatic rings. The summed E-state index contributed by atoms with van der Waals surface area (Å²) in [4.78, 5) is 33.2. The number of aliphatic hydroxyl groups is 1. The Balaban J connectivity index is 1.90. The number of rotatable bonds is 6. The average molecular weight is 465 g/mol. The number of anilines is 1. The maximum Gasteiger partial charge on any atom is 0.301 e. The first-order chi connectivity index (χ1) is 15.8. The van der Waals surface area contributed by atoms with Crippen molar-refractivity contribution in [3.8, 4) is 11.5 Å². The molecule has 1 fully saturated rings. The molecule has 33 heavy (non-hydrogen) atoms. The first-order valence-corrected chi connectivity index (χ1v) is 11.3. The van der Waals surface area contributed by atoms with Gasteiger partial charge in [0.1, 0.15) is 17.3 Å². The molecule has 0 bridgehead atoms. The number of Topliss-reactive ketones (excluding diaryl/α,β-unsaturated/α-hetero) is 1. The molecule has 1 aliphatic heterocycles. The molecular formula is C25H24N2O5S. The Labute approximate surface area is 195 Å². The van der Waals surface area contributed by atoms with Gasteiger partial charge in [-0.1, -0.05) is 12.1 Å². The van der Waals surface area contributed by atoms with Crippen LogP contribution in [0.2, 0.25) is 0 Å². The van der Waals surface area contributed by atoms with Crippen LogP contribution in [-0.2, 0) is 9.59 Å². The molecule has 7 nitrogen and oxygen atoms in total. The summed E-state index contributed by atoms with van der Waals surface area (Å²) < 4.78 is 10.8. The normalized spacial score (nSPS) is 17.5. The second kappa shape index (κ2) is 9.07. The van der Waals surface area contributed by atoms with E-state index in [0.717, 1.165) is 10.6 Å². The number of ether oxygens (including phenoxy) is 2. The number of aryl methyl sites for hydroxylation is 2. The van der Waals surface area contributed by atoms with E-state index in [1.807, 2.05) is 20.8 Å². The summed E-state index contributed by atoms with van der Waals surface area (Å²) in [6.45, 7) is 6.16. The zero-order valence-corrected chi connectivity index (χ0v) is 19.6. The molecule has 2 heterocycles. The number of hydrogen-bond acceptors (Lipinski definition) is 7. The number of amides is 1. The predicted octanol–water partition coefficient (Wildman–Crippen LogP) is 4.79. The molecule has 1 atom stereocenters. The van der Waals surface area contributed by atoms with Crippen molar-refractivity contribution in [3.63, 3.8) is 0 Å². The maximum atomic E-state index is 13.2. The molecule has 0 unspecified atom stereocenters. The van der Waals surface area contributed by atoms with Crippen LogP contribution in [0.1, 0.15) is 34.7 Å². The van der Waals surface area contributed by atoms with Crippen LogP contribution in [0.5, 0.6) is 11.5 Å². The number of aromatic nitrogens is 1. The van der Waals surface area contributed by atoms with Crippen LogP contribution in [-0.4, -0.2) is 35.5 Å². The van der Waals surface area contributed by atoms with E-state index in [9.17, 15) is 14.7 Å². The lowest BCUT2D eigenvalue weighted by Crippen LogP contribution is -2.29. The number of aliphatic hydroxyl groups excluding tert-OH is 1. The minimum absolute atomic E-state index is 0.00270. The molecule has 8 heteroatoms. The van der Waals surface area contributed by atoms with Crippen molar-refractivity contribution >= 4 is 33.9 Å². The SMILES string of the molecule is CCOc1ccc(C(O)=C2C(=O)C(=O)N(c3nc(C)c(C)s3)[C@H]2c2cccc(OC)c2)cc1. The number of hydrogen-bond donors (Lipinski definition) is 1. The molecule has 1 aromatic heterocycles. The van der Waals surface area contributed by atoms with Gasteiger partial charge in [-0.25, -0.2) is 4.98 Å². The molecule has 170 valence electrons. The second-order valence-corrected chi connectivity index (χ2v) is 8.72. The average Bonchev–Trinajstić information content (AvgIpc) is 3.29. The topological polar surface area (TPSA) is 89.0 Å². The fourth-order valence-corrected chi connectivity index (χ4v) is 4.68. The standard InChI is InChI=1S/C25H24N2O5S/c1-5-32-18-11-9-16(10-12-18)22(28)20-21(17-7-6-8-19(13-17)31-4)27(24(30)23(20)29)25-26-14(2)15(3)33-25/h6-13,21,28H,5H2,1-4H3/t21-/m0/s1. The molecule has 0 saturated carbocycles. The lowest BCUT2D eigenvalue weighted by molar-refractivity contribution is -0.132. The summed E-state index contributed by atoms with van der Waals surface area (Å²) >= 11 is 1.33. The third-order valence-corrected chi connectivity index (χ3v) is 6.59. The van der Waals surface area contributed by atoms with Crippen LogP contribution in [0.15, 0.2) is 54.1 Å². The van der Waals surface area contributed by atoms with Gasteiger partial charge in [-0.05, 0) is 62.7 Å². The van der Waals surface area contributed by atoms with E-state index in [-0.39, 0.29) is 11.3 Å². The molecule has 1 N–H and O–H groups in total. The Hall–Kier alpha value is -3.65. The molecule has 1 amide bonds. The molecule has 0 radical (unpaired) electrons. The van der Waals surface area contributed by atoms with E-state index in [0.29, 0.717) is 34.4 Å². The van der Waals surface area contributed by atoms with Gasteiger partial charge in [0.2, 0.25) is 0 Å². The van der Waals surface area contributed by atoms with Gasteiger partial charge in [0.25, 0.3) is 5.78 Å². The van der Waals surface area contributed by atoms with E-state index in [4.69, 9.17) is 9.47 Å². The quantitative estimate of drug-likeness (QED) is 0.320. The largest absolute Gasteiger partial charge is 0.507 e. The molecule has 4 rings (SSSR count). The van der Waals surface area contributed by atoms with Gasteiger partial charge in [0, 0.05) is 10.4 Å². The Morgan fingerprint density at radius 3 is 2.45 bits per heavy atom. The van der Waals surface area contributed by atoms with Crippen molar-refractivity contribution in [2.75, 3.05) is 18.6 Å². The number of methoxy groups -OCH3 is 1. The van der Waals surface area contributed by atoms with Crippen molar-refractivity contribution in [3.05, 3.63) is 75.8 Å². The van der Waals surface area contributed by atoms with Crippen molar-refractivity contribution in [1.82, 2.24) is 4.98 Å². The van der Waals surface area contributed by atoms with E-state index in [1.165, 1.54) is 16.2 Å². The van der Waals surface area contributed by atoms with E-state index in [2.05, 4.69) is 4.98 Å². The van der Waals surface area contributed by atoms with E-state index in [1.54, 1.807) is 55.6 Å². The first-order valence-electron chi connectivity index (χ1n) is 10.5. The zero-order valence-electron chi connectivity index (χ0n) is 18.8. The summed E-state index contributed by atoms with van der Waals surface area (Å²) in [6.07, 6.45) is 0. The van der Waals surface area contributed by atoms with Crippen molar-refractivity contribution in [1.29, 1.82) is 0 Å². The Kier molecular flexibility index (Phi) is 6.20. The van der Waals surface area contributed by atoms with Gasteiger partial charge in [0.05, 0.1) is 31.0 Å². The maximum absolute atomic E-state index is 13.2. The minimum atomic E-state index is -0.850. The monoisotopic (exact) mass is 464 g/mol. The molecule has 0 aliphatic carbocycles. The van der Waals surface area contributed by atoms with Crippen LogP contribution in [0.4, 0.5) is 5.13 Å². The smallest absolute Gasteiger partial charge is 0.301 e. The third kappa shape index (κ3) is 4.09. The molecule has 2 aromatic carbocycles. The molecule has 0 spiro atoms. The highest BCUT2D eigenvalue weighted by Gasteiger charge is 2.48. The lowest BCUT2D eigenvalue weighted by atomic mass is 9.95. The molecular weight excluding hydrogens is 440 g/mol. The first kappa shape index (κ1) is 22.5. The van der Waals surface area contributed by atoms with Crippen LogP contribution >= 0.6 is 11.3 Å². The van der Waals surface area contributed by atoms with Gasteiger partial charge in [0.15, 0.2) is 5.13 Å². The van der Waals surface area contributed by atoms with E-state index >= 15 is 0 Å². The number of thiazole rings is 1. The second-order valence-electron chi connectivity index (χ2n) is 7.54. The number of nitrogens with zero attached hydrogens (tertiary/aromatic N) is 2. The number of ketones is 1. The predicted molar refractivity (Wildman–Crippen MR) is 127 cm³/mol. The van der Waals surface area contributed by atoms with Crippen LogP contribution < -0.4 is 14.4 Å². The summed E-state index contributed by atoms with van der Waals surface area (Å²) in [5.41, 5.74) is 1.83. The van der Waals surface area contributed by atoms with Gasteiger partial charge in [-0.3, -0.25) is 14.5 Å². The summed E-state index contributed by atoms with van der Waals surface area (Å²) in [5.74, 6) is -0.529. The van der Waals surface area contributed by atoms with Crippen LogP contribution in [0.3, 0.4) is 0 Å². The highest BCUT2D eigenvalue weighted by atomic mass is 32.1. The third-order valence-electron chi connectivity index (χ3n) is 5.52. The van der Waals surface area contributed by atoms with Crippen molar-refractivity contribution in [2.24, 2.45) is 0 Å². The van der Waals surface area contributed by atoms with Gasteiger partial charge < -0.3 is 14.6 Å². The highest BCUT2D eigenvalue weighted by molar-refractivity contribution is 7.16. The summed E-state index contributed by atoms with van der Waals surface area (Å²) in [6, 6.07) is 13.0. The van der Waals surface area contributed by atoms with Gasteiger partial charge in [-0.15, -0.1) is 11.3 Å². The fraction of sp³-hybridized carbons (Fsp3) is 0.240. The van der Waals surface area contributed by atoms with Crippen LogP contribution in [0, 0.1) is 13.8 Å². The van der Waals surface area contributed by atoms with Crippen LogP contribution in [0.25, 0.3) is 5.76 Å². The molecule has 3 aromatic rings. The minimum Gasteiger partial charge on any atom is -0.507 e. The molecule has 1 saturated heterocycles. The Morgan fingerprint density at radius 2 is 1.85 bits per heavy atom. The number of benzene rings is 2.